The molecule has 0 aliphatic rings. The summed E-state index contributed by atoms with van der Waals surface area (Å²) in [6.45, 7) is 2.86. The minimum Gasteiger partial charge on any atom is -0.477 e. The molecule has 1 aromatic rings. The van der Waals surface area contributed by atoms with Gasteiger partial charge in [-0.1, -0.05) is 6.92 Å². The van der Waals surface area contributed by atoms with Gasteiger partial charge in [0.2, 0.25) is 5.91 Å². The summed E-state index contributed by atoms with van der Waals surface area (Å²) in [7, 11) is 1.75. The Morgan fingerprint density at radius 2 is 2.17 bits per heavy atom. The number of nitrogens with one attached hydrogen (secondary N) is 1. The zero-order valence-electron chi connectivity index (χ0n) is 10.5. The second-order valence-corrected chi connectivity index (χ2v) is 3.91. The Hall–Kier alpha value is -2.11. The summed E-state index contributed by atoms with van der Waals surface area (Å²) in [4.78, 5) is 27.6. The molecule has 0 fully saturated rings. The summed E-state index contributed by atoms with van der Waals surface area (Å²) in [5.74, 6) is -1.13. The number of carboxylic acids is 1. The molecule has 2 N–H and O–H groups in total. The normalized spacial score (nSPS) is 9.89. The van der Waals surface area contributed by atoms with Crippen LogP contribution >= 0.6 is 0 Å². The van der Waals surface area contributed by atoms with Gasteiger partial charge in [0, 0.05) is 13.6 Å². The van der Waals surface area contributed by atoms with Crippen LogP contribution in [0, 0.1) is 0 Å². The molecule has 0 aliphatic heterocycles. The van der Waals surface area contributed by atoms with Crippen molar-refractivity contribution in [1.29, 1.82) is 0 Å². The largest absolute Gasteiger partial charge is 0.477 e. The van der Waals surface area contributed by atoms with Crippen molar-refractivity contribution in [3.05, 3.63) is 24.0 Å². The number of aromatic nitrogens is 1. The molecule has 1 aromatic heterocycles. The van der Waals surface area contributed by atoms with E-state index in [1.807, 2.05) is 6.92 Å². The van der Waals surface area contributed by atoms with Gasteiger partial charge in [0.05, 0.1) is 18.4 Å². The predicted octanol–water partition coefficient (Wildman–Crippen LogP) is 0.742. The van der Waals surface area contributed by atoms with Gasteiger partial charge in [-0.05, 0) is 18.6 Å². The van der Waals surface area contributed by atoms with E-state index in [0.29, 0.717) is 12.2 Å². The number of aromatic carboxylic acids is 1. The van der Waals surface area contributed by atoms with Crippen LogP contribution in [0.4, 0.5) is 5.69 Å². The predicted molar refractivity (Wildman–Crippen MR) is 67.8 cm³/mol. The number of nitrogens with zero attached hydrogens (tertiary/aromatic N) is 2. The van der Waals surface area contributed by atoms with E-state index in [2.05, 4.69) is 10.3 Å². The fraction of sp³-hybridized carbons (Fsp3) is 0.417. The molecule has 0 spiro atoms. The van der Waals surface area contributed by atoms with Crippen LogP contribution in [0.1, 0.15) is 23.8 Å². The summed E-state index contributed by atoms with van der Waals surface area (Å²) < 4.78 is 0. The van der Waals surface area contributed by atoms with Gasteiger partial charge < -0.3 is 15.3 Å². The maximum Gasteiger partial charge on any atom is 0.354 e. The Morgan fingerprint density at radius 3 is 2.67 bits per heavy atom. The monoisotopic (exact) mass is 251 g/mol. The second-order valence-electron chi connectivity index (χ2n) is 3.91. The molecule has 0 bridgehead atoms. The van der Waals surface area contributed by atoms with Gasteiger partial charge in [0.1, 0.15) is 5.69 Å². The van der Waals surface area contributed by atoms with Crippen LogP contribution in [0.5, 0.6) is 0 Å². The lowest BCUT2D eigenvalue weighted by Crippen LogP contribution is -2.35. The van der Waals surface area contributed by atoms with Gasteiger partial charge >= 0.3 is 5.97 Å². The van der Waals surface area contributed by atoms with Crippen LogP contribution in [-0.4, -0.2) is 42.1 Å². The Labute approximate surface area is 106 Å². The number of pyridine rings is 1. The average Bonchev–Trinajstić information content (AvgIpc) is 2.36. The third-order valence-electron chi connectivity index (χ3n) is 2.36. The van der Waals surface area contributed by atoms with Gasteiger partial charge in [-0.2, -0.15) is 0 Å². The molecule has 98 valence electrons. The molecule has 18 heavy (non-hydrogen) atoms. The standard InChI is InChI=1S/C12H17N3O3/c1-3-6-13-11(16)8-15(2)9-4-5-10(12(17)18)14-7-9/h4-5,7H,3,6,8H2,1-2H3,(H,13,16)(H,17,18). The number of carboxylic acid groups (broad SMARTS) is 1. The molecule has 1 rings (SSSR count). The van der Waals surface area contributed by atoms with E-state index in [4.69, 9.17) is 5.11 Å². The van der Waals surface area contributed by atoms with Gasteiger partial charge in [0.15, 0.2) is 0 Å². The van der Waals surface area contributed by atoms with Gasteiger partial charge in [0.25, 0.3) is 0 Å². The molecule has 6 heteroatoms. The molecular weight excluding hydrogens is 234 g/mol. The van der Waals surface area contributed by atoms with Crippen LogP contribution in [0.3, 0.4) is 0 Å². The van der Waals surface area contributed by atoms with E-state index in [1.54, 1.807) is 18.0 Å². The van der Waals surface area contributed by atoms with Crippen molar-refractivity contribution in [2.24, 2.45) is 0 Å². The van der Waals surface area contributed by atoms with E-state index in [-0.39, 0.29) is 18.1 Å². The maximum atomic E-state index is 11.5. The lowest BCUT2D eigenvalue weighted by molar-refractivity contribution is -0.119. The van der Waals surface area contributed by atoms with E-state index >= 15 is 0 Å². The molecule has 6 nitrogen and oxygen atoms in total. The van der Waals surface area contributed by atoms with Crippen molar-refractivity contribution in [1.82, 2.24) is 10.3 Å². The molecule has 0 saturated heterocycles. The average molecular weight is 251 g/mol. The lowest BCUT2D eigenvalue weighted by atomic mass is 10.3. The van der Waals surface area contributed by atoms with Crippen molar-refractivity contribution < 1.29 is 14.7 Å². The van der Waals surface area contributed by atoms with E-state index < -0.39 is 5.97 Å². The van der Waals surface area contributed by atoms with Crippen molar-refractivity contribution in [2.75, 3.05) is 25.0 Å². The van der Waals surface area contributed by atoms with Gasteiger partial charge in [-0.25, -0.2) is 9.78 Å². The number of anilines is 1. The van der Waals surface area contributed by atoms with Crippen LogP contribution < -0.4 is 10.2 Å². The topological polar surface area (TPSA) is 82.5 Å². The number of hydrogen-bond donors (Lipinski definition) is 2. The van der Waals surface area contributed by atoms with Gasteiger partial charge in [-0.3, -0.25) is 4.79 Å². The molecule has 0 radical (unpaired) electrons. The van der Waals surface area contributed by atoms with Gasteiger partial charge in [-0.15, -0.1) is 0 Å². The van der Waals surface area contributed by atoms with Crippen molar-refractivity contribution >= 4 is 17.6 Å². The number of rotatable bonds is 6. The molecular formula is C12H17N3O3. The quantitative estimate of drug-likeness (QED) is 0.779. The number of amides is 1. The highest BCUT2D eigenvalue weighted by molar-refractivity contribution is 5.85. The Kier molecular flexibility index (Phi) is 5.10. The summed E-state index contributed by atoms with van der Waals surface area (Å²) >= 11 is 0. The fourth-order valence-electron chi connectivity index (χ4n) is 1.37. The van der Waals surface area contributed by atoms with E-state index in [9.17, 15) is 9.59 Å². The number of carbonyl (C=O) groups is 2. The highest BCUT2D eigenvalue weighted by atomic mass is 16.4. The minimum atomic E-state index is -1.06. The van der Waals surface area contributed by atoms with Crippen LogP contribution in [0.15, 0.2) is 18.3 Å². The SMILES string of the molecule is CCCNC(=O)CN(C)c1ccc(C(=O)O)nc1. The smallest absolute Gasteiger partial charge is 0.354 e. The first-order chi connectivity index (χ1) is 8.54. The number of hydrogen-bond acceptors (Lipinski definition) is 4. The van der Waals surface area contributed by atoms with Crippen molar-refractivity contribution in [2.45, 2.75) is 13.3 Å². The third-order valence-corrected chi connectivity index (χ3v) is 2.36. The van der Waals surface area contributed by atoms with Crippen molar-refractivity contribution in [3.8, 4) is 0 Å². The third kappa shape index (κ3) is 4.04. The molecule has 1 heterocycles. The molecule has 0 saturated carbocycles. The molecule has 0 atom stereocenters. The Bertz CT molecular complexity index is 417. The summed E-state index contributed by atoms with van der Waals surface area (Å²) in [6, 6.07) is 3.04. The van der Waals surface area contributed by atoms with Crippen LogP contribution in [-0.2, 0) is 4.79 Å². The zero-order chi connectivity index (χ0) is 13.5. The molecule has 1 amide bonds. The summed E-state index contributed by atoms with van der Waals surface area (Å²) in [5.41, 5.74) is 0.689. The molecule has 0 aliphatic carbocycles. The first-order valence-corrected chi connectivity index (χ1v) is 5.71. The van der Waals surface area contributed by atoms with Crippen molar-refractivity contribution in [3.63, 3.8) is 0 Å². The highest BCUT2D eigenvalue weighted by Gasteiger charge is 2.09. The Morgan fingerprint density at radius 1 is 1.44 bits per heavy atom. The minimum absolute atomic E-state index is 0.0115. The first-order valence-electron chi connectivity index (χ1n) is 5.71. The second kappa shape index (κ2) is 6.58. The highest BCUT2D eigenvalue weighted by Crippen LogP contribution is 2.10. The molecule has 0 aromatic carbocycles. The van der Waals surface area contributed by atoms with E-state index in [0.717, 1.165) is 6.42 Å². The van der Waals surface area contributed by atoms with Crippen LogP contribution in [0.25, 0.3) is 0 Å². The summed E-state index contributed by atoms with van der Waals surface area (Å²) in [5, 5.41) is 11.5. The number of carbonyl (C=O) groups excluding carboxylic acids is 1. The number of likely N-dealkylation sites (N-methyl/N-ethyl adjacent to an activating group) is 1. The van der Waals surface area contributed by atoms with E-state index in [1.165, 1.54) is 12.3 Å². The van der Waals surface area contributed by atoms with Crippen LogP contribution in [0.2, 0.25) is 0 Å². The zero-order valence-corrected chi connectivity index (χ0v) is 10.5. The summed E-state index contributed by atoms with van der Waals surface area (Å²) in [6.07, 6.45) is 2.33. The first kappa shape index (κ1) is 14.0. The lowest BCUT2D eigenvalue weighted by Gasteiger charge is -2.18. The maximum absolute atomic E-state index is 11.5. The molecule has 0 unspecified atom stereocenters. The fourth-order valence-corrected chi connectivity index (χ4v) is 1.37. The Balaban J connectivity index is 2.58.